The summed E-state index contributed by atoms with van der Waals surface area (Å²) in [4.78, 5) is 16.6. The van der Waals surface area contributed by atoms with Crippen LogP contribution in [0.2, 0.25) is 0 Å². The summed E-state index contributed by atoms with van der Waals surface area (Å²) in [7, 11) is 0. The highest BCUT2D eigenvalue weighted by atomic mass is 15.1. The van der Waals surface area contributed by atoms with Crippen LogP contribution in [0.3, 0.4) is 0 Å². The van der Waals surface area contributed by atoms with Gasteiger partial charge in [0.1, 0.15) is 5.82 Å². The van der Waals surface area contributed by atoms with Crippen LogP contribution in [0, 0.1) is 17.8 Å². The van der Waals surface area contributed by atoms with E-state index in [0.29, 0.717) is 17.8 Å². The van der Waals surface area contributed by atoms with Gasteiger partial charge in [0, 0.05) is 38.1 Å². The molecule has 0 spiro atoms. The van der Waals surface area contributed by atoms with Gasteiger partial charge >= 0.3 is 0 Å². The van der Waals surface area contributed by atoms with Crippen molar-refractivity contribution in [3.63, 3.8) is 0 Å². The van der Waals surface area contributed by atoms with Crippen LogP contribution >= 0.6 is 0 Å². The Kier molecular flexibility index (Phi) is 7.35. The molecule has 5 heteroatoms. The monoisotopic (exact) mass is 713 g/mol. The minimum Gasteiger partial charge on any atom is -0.307 e. The predicted octanol–water partition coefficient (Wildman–Crippen LogP) is 12.5. The number of hydrogen-bond acceptors (Lipinski definition) is 3. The minimum atomic E-state index is -0.0708. The van der Waals surface area contributed by atoms with Crippen LogP contribution in [0.4, 0.5) is 0 Å². The summed E-state index contributed by atoms with van der Waals surface area (Å²) < 4.78 is 4.91. The third-order valence-electron chi connectivity index (χ3n) is 12.7. The summed E-state index contributed by atoms with van der Waals surface area (Å²) in [5.41, 5.74) is 8.73. The van der Waals surface area contributed by atoms with E-state index in [2.05, 4.69) is 169 Å². The first-order chi connectivity index (χ1) is 27.0. The number of hydrogen-bond donors (Lipinski definition) is 0. The second-order valence-corrected chi connectivity index (χ2v) is 16.5. The molecule has 0 radical (unpaired) electrons. The zero-order chi connectivity index (χ0) is 36.7. The Morgan fingerprint density at radius 1 is 0.473 bits per heavy atom. The summed E-state index contributed by atoms with van der Waals surface area (Å²) in [6, 6.07) is 52.4. The van der Waals surface area contributed by atoms with Crippen molar-refractivity contribution < 1.29 is 0 Å². The largest absolute Gasteiger partial charge is 0.307 e. The fourth-order valence-electron chi connectivity index (χ4n) is 10.9. The van der Waals surface area contributed by atoms with E-state index in [-0.39, 0.29) is 5.41 Å². The quantitative estimate of drug-likeness (QED) is 0.178. The SMILES string of the molecule is C[C@@H]1CC2C[C@H](C)CC(c3nc(-c4ccccc4)nc(-c4cccc(-n5c6ccccc6c6ccccc65)c4-n4c5ccccc5c5ccccc54)n3)(C2)C1. The highest BCUT2D eigenvalue weighted by Gasteiger charge is 2.47. The Labute approximate surface area is 321 Å². The van der Waals surface area contributed by atoms with Gasteiger partial charge in [-0.15, -0.1) is 0 Å². The van der Waals surface area contributed by atoms with E-state index in [1.165, 1.54) is 45.4 Å². The van der Waals surface area contributed by atoms with Crippen molar-refractivity contribution in [3.8, 4) is 34.2 Å². The predicted molar refractivity (Wildman–Crippen MR) is 226 cm³/mol. The normalized spacial score (nSPS) is 21.2. The maximum atomic E-state index is 5.67. The van der Waals surface area contributed by atoms with Crippen molar-refractivity contribution in [2.45, 2.75) is 51.4 Å². The molecule has 2 unspecified atom stereocenters. The van der Waals surface area contributed by atoms with Crippen molar-refractivity contribution in [3.05, 3.63) is 151 Å². The molecule has 2 bridgehead atoms. The Balaban J connectivity index is 1.27. The van der Waals surface area contributed by atoms with Gasteiger partial charge in [-0.25, -0.2) is 15.0 Å². The summed E-state index contributed by atoms with van der Waals surface area (Å²) >= 11 is 0. The van der Waals surface area contributed by atoms with E-state index < -0.39 is 0 Å². The van der Waals surface area contributed by atoms with Crippen LogP contribution in [-0.2, 0) is 5.41 Å². The van der Waals surface area contributed by atoms with Gasteiger partial charge in [0.05, 0.1) is 33.4 Å². The first kappa shape index (κ1) is 32.4. The van der Waals surface area contributed by atoms with Gasteiger partial charge in [-0.3, -0.25) is 0 Å². The summed E-state index contributed by atoms with van der Waals surface area (Å²) in [5, 5.41) is 4.91. The van der Waals surface area contributed by atoms with E-state index >= 15 is 0 Å². The second kappa shape index (κ2) is 12.5. The maximum absolute atomic E-state index is 5.67. The number of para-hydroxylation sites is 5. The molecule has 2 saturated carbocycles. The van der Waals surface area contributed by atoms with E-state index in [0.717, 1.165) is 70.3 Å². The molecule has 3 aromatic heterocycles. The molecule has 0 aliphatic heterocycles. The molecule has 9 aromatic rings. The van der Waals surface area contributed by atoms with Gasteiger partial charge in [-0.1, -0.05) is 123 Å². The number of fused-ring (bicyclic) bond motifs is 8. The number of nitrogens with zero attached hydrogens (tertiary/aromatic N) is 5. The molecule has 268 valence electrons. The first-order valence-corrected chi connectivity index (χ1v) is 20.0. The molecule has 2 aliphatic rings. The van der Waals surface area contributed by atoms with Gasteiger partial charge in [-0.05, 0) is 86.3 Å². The molecule has 2 aliphatic carbocycles. The highest BCUT2D eigenvalue weighted by Crippen LogP contribution is 2.53. The molecule has 55 heavy (non-hydrogen) atoms. The molecule has 6 aromatic carbocycles. The van der Waals surface area contributed by atoms with Crippen molar-refractivity contribution in [1.29, 1.82) is 0 Å². The van der Waals surface area contributed by atoms with Gasteiger partial charge in [-0.2, -0.15) is 0 Å². The molecule has 4 atom stereocenters. The Morgan fingerprint density at radius 2 is 0.964 bits per heavy atom. The lowest BCUT2D eigenvalue weighted by molar-refractivity contribution is 0.0720. The molecule has 5 nitrogen and oxygen atoms in total. The van der Waals surface area contributed by atoms with Crippen molar-refractivity contribution in [2.75, 3.05) is 0 Å². The number of rotatable bonds is 5. The van der Waals surface area contributed by atoms with E-state index in [1.54, 1.807) is 0 Å². The average molecular weight is 714 g/mol. The lowest BCUT2D eigenvalue weighted by Gasteiger charge is -2.49. The van der Waals surface area contributed by atoms with Crippen molar-refractivity contribution in [2.24, 2.45) is 17.8 Å². The zero-order valence-corrected chi connectivity index (χ0v) is 31.4. The minimum absolute atomic E-state index is 0.0708. The standard InChI is InChI=1S/C50H43N5/c1-32-27-34-28-33(2)30-50(29-32,31-34)49-52-47(35-15-4-3-5-16-35)51-48(53-49)40-21-14-26-45(54-41-22-10-6-17-36(41)37-18-7-11-23-42(37)54)46(40)55-43-24-12-8-19-38(43)39-20-9-13-25-44(39)55/h3-26,32-34H,27-31H2,1-2H3/t32-,33+,34?,50?. The third kappa shape index (κ3) is 5.09. The second-order valence-electron chi connectivity index (χ2n) is 16.5. The summed E-state index contributed by atoms with van der Waals surface area (Å²) in [6.45, 7) is 4.87. The molecular formula is C50H43N5. The van der Waals surface area contributed by atoms with Crippen LogP contribution in [0.5, 0.6) is 0 Å². The van der Waals surface area contributed by atoms with Gasteiger partial charge in [0.2, 0.25) is 0 Å². The topological polar surface area (TPSA) is 48.5 Å². The van der Waals surface area contributed by atoms with E-state index in [1.807, 2.05) is 0 Å². The molecule has 3 heterocycles. The fraction of sp³-hybridized carbons (Fsp3) is 0.220. The van der Waals surface area contributed by atoms with Crippen LogP contribution in [0.15, 0.2) is 146 Å². The summed E-state index contributed by atoms with van der Waals surface area (Å²) in [5.74, 6) is 4.43. The van der Waals surface area contributed by atoms with Gasteiger partial charge < -0.3 is 9.13 Å². The average Bonchev–Trinajstić information content (AvgIpc) is 3.73. The number of aromatic nitrogens is 5. The van der Waals surface area contributed by atoms with Crippen LogP contribution < -0.4 is 0 Å². The van der Waals surface area contributed by atoms with Gasteiger partial charge in [0.25, 0.3) is 0 Å². The fourth-order valence-corrected chi connectivity index (χ4v) is 10.9. The molecule has 0 amide bonds. The molecular weight excluding hydrogens is 671 g/mol. The Hall–Kier alpha value is -6.07. The lowest BCUT2D eigenvalue weighted by Crippen LogP contribution is -2.43. The Bertz CT molecular complexity index is 2790. The van der Waals surface area contributed by atoms with Crippen molar-refractivity contribution >= 4 is 43.6 Å². The summed E-state index contributed by atoms with van der Waals surface area (Å²) in [6.07, 6.45) is 5.99. The molecule has 0 N–H and O–H groups in total. The lowest BCUT2D eigenvalue weighted by atomic mass is 9.56. The highest BCUT2D eigenvalue weighted by molar-refractivity contribution is 6.12. The zero-order valence-electron chi connectivity index (χ0n) is 31.4. The molecule has 0 saturated heterocycles. The van der Waals surface area contributed by atoms with E-state index in [9.17, 15) is 0 Å². The smallest absolute Gasteiger partial charge is 0.165 e. The molecule has 11 rings (SSSR count). The number of benzene rings is 6. The maximum Gasteiger partial charge on any atom is 0.165 e. The Morgan fingerprint density at radius 3 is 1.53 bits per heavy atom. The van der Waals surface area contributed by atoms with Crippen LogP contribution in [-0.4, -0.2) is 24.1 Å². The molecule has 2 fully saturated rings. The van der Waals surface area contributed by atoms with E-state index in [4.69, 9.17) is 15.0 Å². The third-order valence-corrected chi connectivity index (χ3v) is 12.7. The van der Waals surface area contributed by atoms with Gasteiger partial charge in [0.15, 0.2) is 11.6 Å². The van der Waals surface area contributed by atoms with Crippen LogP contribution in [0.1, 0.15) is 51.8 Å². The first-order valence-electron chi connectivity index (χ1n) is 20.0. The van der Waals surface area contributed by atoms with Crippen LogP contribution in [0.25, 0.3) is 77.8 Å². The van der Waals surface area contributed by atoms with Crippen molar-refractivity contribution in [1.82, 2.24) is 24.1 Å².